The zero-order valence-corrected chi connectivity index (χ0v) is 12.1. The first-order chi connectivity index (χ1) is 9.79. The van der Waals surface area contributed by atoms with Gasteiger partial charge in [-0.2, -0.15) is 0 Å². The predicted octanol–water partition coefficient (Wildman–Crippen LogP) is 2.99. The molecule has 1 heterocycles. The Balaban J connectivity index is 1.88. The normalized spacial score (nSPS) is 12.3. The summed E-state index contributed by atoms with van der Waals surface area (Å²) >= 11 is 5.76. The maximum Gasteiger partial charge on any atom is 0.129 e. The fraction of sp³-hybridized carbons (Fsp3) is 0.312. The maximum atomic E-state index is 9.19. The lowest BCUT2D eigenvalue weighted by molar-refractivity contribution is 0.273. The Labute approximate surface area is 124 Å². The average molecular weight is 291 g/mol. The molecular weight excluding hydrogens is 272 g/mol. The second kappa shape index (κ2) is 8.00. The zero-order chi connectivity index (χ0) is 14.2. The summed E-state index contributed by atoms with van der Waals surface area (Å²) in [4.78, 5) is 4.06. The Morgan fingerprint density at radius 3 is 2.60 bits per heavy atom. The van der Waals surface area contributed by atoms with Gasteiger partial charge < -0.3 is 10.4 Å². The number of rotatable bonds is 7. The molecule has 0 radical (unpaired) electrons. The third kappa shape index (κ3) is 4.60. The maximum absolute atomic E-state index is 9.19. The summed E-state index contributed by atoms with van der Waals surface area (Å²) in [6.07, 6.45) is 2.54. The van der Waals surface area contributed by atoms with E-state index in [4.69, 9.17) is 11.6 Å². The van der Waals surface area contributed by atoms with Gasteiger partial charge in [0.25, 0.3) is 0 Å². The summed E-state index contributed by atoms with van der Waals surface area (Å²) in [6, 6.07) is 14.0. The highest BCUT2D eigenvalue weighted by molar-refractivity contribution is 6.29. The molecule has 1 atom stereocenters. The van der Waals surface area contributed by atoms with Gasteiger partial charge in [0.2, 0.25) is 0 Å². The van der Waals surface area contributed by atoms with E-state index >= 15 is 0 Å². The van der Waals surface area contributed by atoms with Crippen molar-refractivity contribution in [1.82, 2.24) is 10.3 Å². The van der Waals surface area contributed by atoms with Crippen LogP contribution in [0, 0.1) is 0 Å². The molecule has 0 saturated heterocycles. The molecule has 2 N–H and O–H groups in total. The van der Waals surface area contributed by atoms with E-state index in [1.54, 1.807) is 12.3 Å². The first kappa shape index (κ1) is 15.0. The van der Waals surface area contributed by atoms with Crippen LogP contribution >= 0.6 is 11.6 Å². The first-order valence-corrected chi connectivity index (χ1v) is 7.14. The summed E-state index contributed by atoms with van der Waals surface area (Å²) in [5.74, 6) is 0.321. The van der Waals surface area contributed by atoms with Gasteiger partial charge in [-0.25, -0.2) is 4.98 Å². The van der Waals surface area contributed by atoms with Gasteiger partial charge in [-0.1, -0.05) is 48.0 Å². The fourth-order valence-corrected chi connectivity index (χ4v) is 2.28. The Morgan fingerprint density at radius 2 is 1.95 bits per heavy atom. The molecule has 106 valence electrons. The van der Waals surface area contributed by atoms with Crippen LogP contribution in [0.4, 0.5) is 0 Å². The van der Waals surface area contributed by atoms with E-state index < -0.39 is 0 Å². The minimum Gasteiger partial charge on any atom is -0.396 e. The smallest absolute Gasteiger partial charge is 0.129 e. The Bertz CT molecular complexity index is 502. The van der Waals surface area contributed by atoms with E-state index in [1.807, 2.05) is 24.3 Å². The van der Waals surface area contributed by atoms with Crippen molar-refractivity contribution in [2.45, 2.75) is 18.9 Å². The topological polar surface area (TPSA) is 45.1 Å². The minimum absolute atomic E-state index is 0.198. The van der Waals surface area contributed by atoms with E-state index in [2.05, 4.69) is 22.4 Å². The molecule has 4 heteroatoms. The number of pyridine rings is 1. The number of nitrogens with one attached hydrogen (secondary N) is 1. The molecule has 20 heavy (non-hydrogen) atoms. The number of aromatic nitrogens is 1. The van der Waals surface area contributed by atoms with Crippen molar-refractivity contribution in [3.8, 4) is 0 Å². The van der Waals surface area contributed by atoms with Gasteiger partial charge in [0.15, 0.2) is 0 Å². The molecule has 1 aromatic carbocycles. The lowest BCUT2D eigenvalue weighted by Gasteiger charge is -2.17. The van der Waals surface area contributed by atoms with Crippen LogP contribution in [0.1, 0.15) is 23.5 Å². The van der Waals surface area contributed by atoms with Crippen LogP contribution < -0.4 is 5.32 Å². The molecule has 3 nitrogen and oxygen atoms in total. The highest BCUT2D eigenvalue weighted by Crippen LogP contribution is 2.18. The van der Waals surface area contributed by atoms with Crippen molar-refractivity contribution in [3.05, 3.63) is 64.9 Å². The number of aliphatic hydroxyl groups excluding tert-OH is 1. The monoisotopic (exact) mass is 290 g/mol. The van der Waals surface area contributed by atoms with Crippen LogP contribution in [-0.4, -0.2) is 23.2 Å². The van der Waals surface area contributed by atoms with Crippen LogP contribution in [0.15, 0.2) is 48.7 Å². The second-order valence-electron chi connectivity index (χ2n) is 4.74. The van der Waals surface area contributed by atoms with Gasteiger partial charge in [-0.15, -0.1) is 0 Å². The van der Waals surface area contributed by atoms with Gasteiger partial charge in [0.05, 0.1) is 0 Å². The highest BCUT2D eigenvalue weighted by Gasteiger charge is 2.10. The summed E-state index contributed by atoms with van der Waals surface area (Å²) in [5, 5.41) is 13.1. The van der Waals surface area contributed by atoms with Gasteiger partial charge >= 0.3 is 0 Å². The van der Waals surface area contributed by atoms with Crippen LogP contribution in [-0.2, 0) is 6.54 Å². The molecule has 2 aromatic rings. The number of aliphatic hydroxyl groups is 1. The van der Waals surface area contributed by atoms with E-state index in [1.165, 1.54) is 5.56 Å². The first-order valence-electron chi connectivity index (χ1n) is 6.76. The van der Waals surface area contributed by atoms with Gasteiger partial charge in [-0.3, -0.25) is 0 Å². The van der Waals surface area contributed by atoms with E-state index in [0.717, 1.165) is 25.1 Å². The molecule has 1 aromatic heterocycles. The van der Waals surface area contributed by atoms with Crippen LogP contribution in [0.5, 0.6) is 0 Å². The van der Waals surface area contributed by atoms with Crippen molar-refractivity contribution in [1.29, 1.82) is 0 Å². The molecule has 0 aliphatic heterocycles. The van der Waals surface area contributed by atoms with Crippen LogP contribution in [0.2, 0.25) is 5.15 Å². The molecule has 0 spiro atoms. The van der Waals surface area contributed by atoms with E-state index in [9.17, 15) is 5.11 Å². The third-order valence-corrected chi connectivity index (χ3v) is 3.48. The van der Waals surface area contributed by atoms with Gasteiger partial charge in [0.1, 0.15) is 5.15 Å². The third-order valence-electron chi connectivity index (χ3n) is 3.26. The predicted molar refractivity (Wildman–Crippen MR) is 81.8 cm³/mol. The zero-order valence-electron chi connectivity index (χ0n) is 11.3. The van der Waals surface area contributed by atoms with E-state index in [-0.39, 0.29) is 6.61 Å². The molecule has 0 aliphatic carbocycles. The summed E-state index contributed by atoms with van der Waals surface area (Å²) in [5.41, 5.74) is 2.36. The fourth-order valence-electron chi connectivity index (χ4n) is 2.17. The molecular formula is C16H19ClN2O. The second-order valence-corrected chi connectivity index (χ2v) is 5.13. The van der Waals surface area contributed by atoms with Crippen molar-refractivity contribution in [3.63, 3.8) is 0 Å². The van der Waals surface area contributed by atoms with Crippen molar-refractivity contribution in [2.24, 2.45) is 0 Å². The molecule has 2 rings (SSSR count). The Morgan fingerprint density at radius 1 is 1.15 bits per heavy atom. The molecule has 0 aliphatic rings. The molecule has 0 bridgehead atoms. The Hall–Kier alpha value is -1.42. The molecule has 0 saturated carbocycles. The molecule has 0 amide bonds. The van der Waals surface area contributed by atoms with Crippen LogP contribution in [0.3, 0.4) is 0 Å². The largest absolute Gasteiger partial charge is 0.396 e. The average Bonchev–Trinajstić information content (AvgIpc) is 2.49. The number of benzene rings is 1. The molecule has 0 fully saturated rings. The van der Waals surface area contributed by atoms with Gasteiger partial charge in [0, 0.05) is 25.9 Å². The summed E-state index contributed by atoms with van der Waals surface area (Å²) in [7, 11) is 0. The van der Waals surface area contributed by atoms with E-state index in [0.29, 0.717) is 11.1 Å². The summed E-state index contributed by atoms with van der Waals surface area (Å²) in [6.45, 7) is 1.77. The number of halogens is 1. The summed E-state index contributed by atoms with van der Waals surface area (Å²) < 4.78 is 0. The Kier molecular flexibility index (Phi) is 5.99. The quantitative estimate of drug-likeness (QED) is 0.771. The lowest BCUT2D eigenvalue weighted by Crippen LogP contribution is -2.22. The highest BCUT2D eigenvalue weighted by atomic mass is 35.5. The number of nitrogens with zero attached hydrogens (tertiary/aromatic N) is 1. The van der Waals surface area contributed by atoms with Crippen molar-refractivity contribution < 1.29 is 5.11 Å². The van der Waals surface area contributed by atoms with Gasteiger partial charge in [-0.05, 0) is 29.5 Å². The minimum atomic E-state index is 0.198. The standard InChI is InChI=1S/C16H19ClN2O/c17-16-7-6-13(11-19-16)10-18-12-15(8-9-20)14-4-2-1-3-5-14/h1-7,11,15,18,20H,8-10,12H2. The number of hydrogen-bond donors (Lipinski definition) is 2. The van der Waals surface area contributed by atoms with Crippen molar-refractivity contribution in [2.75, 3.05) is 13.2 Å². The lowest BCUT2D eigenvalue weighted by atomic mass is 9.96. The SMILES string of the molecule is OCCC(CNCc1ccc(Cl)nc1)c1ccccc1. The molecule has 1 unspecified atom stereocenters. The van der Waals surface area contributed by atoms with Crippen molar-refractivity contribution >= 4 is 11.6 Å². The number of hydrogen-bond acceptors (Lipinski definition) is 3. The van der Waals surface area contributed by atoms with Crippen LogP contribution in [0.25, 0.3) is 0 Å².